The van der Waals surface area contributed by atoms with Gasteiger partial charge in [-0.2, -0.15) is 13.2 Å². The van der Waals surface area contributed by atoms with E-state index < -0.39 is 30.4 Å². The highest BCUT2D eigenvalue weighted by Crippen LogP contribution is 2.35. The van der Waals surface area contributed by atoms with Crippen molar-refractivity contribution in [3.05, 3.63) is 48.5 Å². The zero-order chi connectivity index (χ0) is 29.5. The van der Waals surface area contributed by atoms with E-state index in [0.29, 0.717) is 17.7 Å². The van der Waals surface area contributed by atoms with Crippen molar-refractivity contribution in [2.75, 3.05) is 35.3 Å². The maximum Gasteiger partial charge on any atom is 0.408 e. The molecule has 0 aliphatic carbocycles. The van der Waals surface area contributed by atoms with Gasteiger partial charge in [0.15, 0.2) is 11.5 Å². The van der Waals surface area contributed by atoms with Gasteiger partial charge >= 0.3 is 6.18 Å². The molecule has 0 aromatic carbocycles. The summed E-state index contributed by atoms with van der Waals surface area (Å²) in [5.74, 6) is -0.875. The lowest BCUT2D eigenvalue weighted by atomic mass is 10.2. The van der Waals surface area contributed by atoms with E-state index in [1.165, 1.54) is 46.9 Å². The molecule has 1 fully saturated rings. The molecule has 2 aliphatic heterocycles. The second kappa shape index (κ2) is 10.8. The van der Waals surface area contributed by atoms with Crippen molar-refractivity contribution in [3.63, 3.8) is 0 Å². The highest BCUT2D eigenvalue weighted by molar-refractivity contribution is 6.01. The van der Waals surface area contributed by atoms with Crippen LogP contribution < -0.4 is 15.1 Å². The Balaban J connectivity index is 1.29. The zero-order valence-electron chi connectivity index (χ0n) is 22.2. The van der Waals surface area contributed by atoms with Crippen molar-refractivity contribution < 1.29 is 32.7 Å². The number of alkyl halides is 3. The van der Waals surface area contributed by atoms with Crippen LogP contribution in [0.1, 0.15) is 30.3 Å². The van der Waals surface area contributed by atoms with Gasteiger partial charge < -0.3 is 24.8 Å². The average Bonchev–Trinajstić information content (AvgIpc) is 3.58. The number of nitrogens with one attached hydrogen (secondary N) is 1. The monoisotopic (exact) mass is 572 g/mol. The Bertz CT molecular complexity index is 1480. The molecule has 41 heavy (non-hydrogen) atoms. The van der Waals surface area contributed by atoms with Crippen molar-refractivity contribution >= 4 is 35.1 Å². The van der Waals surface area contributed by atoms with E-state index in [-0.39, 0.29) is 55.0 Å². The van der Waals surface area contributed by atoms with Crippen LogP contribution in [0.5, 0.6) is 0 Å². The number of Topliss-reactive ketones (excluding diaryl/α,β-unsaturated/α-hetero) is 1. The molecular weight excluding hydrogens is 545 g/mol. The lowest BCUT2D eigenvalue weighted by molar-refractivity contribution is -0.146. The molecule has 0 bridgehead atoms. The van der Waals surface area contributed by atoms with Crippen LogP contribution in [0.15, 0.2) is 42.9 Å². The van der Waals surface area contributed by atoms with Gasteiger partial charge in [0.05, 0.1) is 18.6 Å². The van der Waals surface area contributed by atoms with E-state index in [1.54, 1.807) is 24.3 Å². The predicted octanol–water partition coefficient (Wildman–Crippen LogP) is 2.27. The van der Waals surface area contributed by atoms with Crippen LogP contribution in [-0.2, 0) is 16.1 Å². The van der Waals surface area contributed by atoms with Gasteiger partial charge in [-0.25, -0.2) is 15.0 Å². The molecule has 0 spiro atoms. The number of nitrogens with zero attached hydrogens (tertiary/aromatic N) is 7. The lowest BCUT2D eigenvalue weighted by Crippen LogP contribution is -2.55. The Kier molecular flexibility index (Phi) is 7.38. The average molecular weight is 573 g/mol. The molecule has 2 aliphatic rings. The normalized spacial score (nSPS) is 19.0. The number of ketones is 1. The summed E-state index contributed by atoms with van der Waals surface area (Å²) in [6, 6.07) is 6.49. The highest BCUT2D eigenvalue weighted by atomic mass is 19.4. The molecule has 1 saturated heterocycles. The first-order chi connectivity index (χ1) is 19.4. The highest BCUT2D eigenvalue weighted by Gasteiger charge is 2.46. The fourth-order valence-electron chi connectivity index (χ4n) is 5.01. The summed E-state index contributed by atoms with van der Waals surface area (Å²) in [6.07, 6.45) is -2.52. The molecule has 1 unspecified atom stereocenters. The number of fused-ring (bicyclic) bond motifs is 1. The topological polar surface area (TPSA) is 137 Å². The van der Waals surface area contributed by atoms with Crippen molar-refractivity contribution in [1.29, 1.82) is 0 Å². The van der Waals surface area contributed by atoms with Gasteiger partial charge in [0.2, 0.25) is 12.3 Å². The number of rotatable bonds is 7. The van der Waals surface area contributed by atoms with Gasteiger partial charge in [-0.05, 0) is 44.0 Å². The Morgan fingerprint density at radius 2 is 1.93 bits per heavy atom. The number of aromatic nitrogens is 4. The first kappa shape index (κ1) is 28.0. The first-order valence-corrected chi connectivity index (χ1v) is 12.8. The molecule has 3 aromatic rings. The van der Waals surface area contributed by atoms with Crippen LogP contribution in [0.3, 0.4) is 0 Å². The third-order valence-electron chi connectivity index (χ3n) is 6.93. The zero-order valence-corrected chi connectivity index (χ0v) is 22.2. The van der Waals surface area contributed by atoms with E-state index in [9.17, 15) is 32.7 Å². The summed E-state index contributed by atoms with van der Waals surface area (Å²) in [6.45, 7) is 0.954. The maximum atomic E-state index is 13.3. The third-order valence-corrected chi connectivity index (χ3v) is 6.93. The number of aliphatic hydroxyl groups excluding tert-OH is 1. The molecule has 5 rings (SSSR count). The SMILES string of the molecule is CC(=O)CN1C(=O)c2c(ncn2CC(=O)Nc2cccc(-c3ccc(N4CCC[C@H]4C(F)(F)F)nc3)n2)N(C)C1O. The number of amides is 2. The quantitative estimate of drug-likeness (QED) is 0.437. The molecule has 3 aromatic heterocycles. The summed E-state index contributed by atoms with van der Waals surface area (Å²) in [7, 11) is 1.51. The molecule has 15 heteroatoms. The number of carbonyl (C=O) groups is 3. The van der Waals surface area contributed by atoms with Crippen LogP contribution in [-0.4, -0.2) is 85.8 Å². The minimum Gasteiger partial charge on any atom is -0.356 e. The van der Waals surface area contributed by atoms with Crippen LogP contribution in [0.4, 0.5) is 30.6 Å². The van der Waals surface area contributed by atoms with E-state index >= 15 is 0 Å². The molecule has 5 heterocycles. The summed E-state index contributed by atoms with van der Waals surface area (Å²) < 4.78 is 41.4. The fraction of sp³-hybridized carbons (Fsp3) is 0.385. The summed E-state index contributed by atoms with van der Waals surface area (Å²) in [5.41, 5.74) is 1.04. The lowest BCUT2D eigenvalue weighted by Gasteiger charge is -2.38. The number of imidazole rings is 1. The fourth-order valence-corrected chi connectivity index (χ4v) is 5.01. The van der Waals surface area contributed by atoms with E-state index in [1.807, 2.05) is 0 Å². The van der Waals surface area contributed by atoms with Gasteiger partial charge in [-0.1, -0.05) is 6.07 Å². The smallest absolute Gasteiger partial charge is 0.356 e. The minimum absolute atomic E-state index is 0.0294. The summed E-state index contributed by atoms with van der Waals surface area (Å²) >= 11 is 0. The van der Waals surface area contributed by atoms with Gasteiger partial charge in [0, 0.05) is 25.4 Å². The van der Waals surface area contributed by atoms with Crippen molar-refractivity contribution in [1.82, 2.24) is 24.4 Å². The van der Waals surface area contributed by atoms with E-state index in [2.05, 4.69) is 20.3 Å². The Hall–Kier alpha value is -4.53. The van der Waals surface area contributed by atoms with Crippen LogP contribution in [0.25, 0.3) is 11.3 Å². The molecule has 0 radical (unpaired) electrons. The van der Waals surface area contributed by atoms with Crippen molar-refractivity contribution in [2.24, 2.45) is 0 Å². The molecular formula is C26H27F3N8O4. The molecule has 2 amide bonds. The molecule has 0 saturated carbocycles. The largest absolute Gasteiger partial charge is 0.408 e. The second-order valence-corrected chi connectivity index (χ2v) is 9.89. The van der Waals surface area contributed by atoms with Gasteiger partial charge in [0.1, 0.15) is 30.0 Å². The Labute approximate surface area is 232 Å². The van der Waals surface area contributed by atoms with Crippen molar-refractivity contribution in [2.45, 2.75) is 44.9 Å². The Morgan fingerprint density at radius 3 is 2.61 bits per heavy atom. The van der Waals surface area contributed by atoms with Crippen molar-refractivity contribution in [3.8, 4) is 11.3 Å². The van der Waals surface area contributed by atoms with E-state index in [4.69, 9.17) is 0 Å². The number of hydrogen-bond acceptors (Lipinski definition) is 9. The van der Waals surface area contributed by atoms with Crippen LogP contribution >= 0.6 is 0 Å². The summed E-state index contributed by atoms with van der Waals surface area (Å²) in [4.78, 5) is 53.9. The molecule has 2 atom stereocenters. The Morgan fingerprint density at radius 1 is 1.15 bits per heavy atom. The summed E-state index contributed by atoms with van der Waals surface area (Å²) in [5, 5.41) is 13.1. The number of aliphatic hydroxyl groups is 1. The number of hydrogen-bond donors (Lipinski definition) is 2. The second-order valence-electron chi connectivity index (χ2n) is 9.89. The molecule has 2 N–H and O–H groups in total. The van der Waals surface area contributed by atoms with E-state index in [0.717, 1.165) is 4.90 Å². The number of carbonyl (C=O) groups excluding carboxylic acids is 3. The maximum absolute atomic E-state index is 13.3. The number of anilines is 3. The number of pyridine rings is 2. The molecule has 216 valence electrons. The standard InChI is InChI=1S/C26H27F3N8O4/c1-15(38)12-37-24(40)22-23(34(2)25(37)41)31-14-35(22)13-21(39)33-19-7-3-5-17(32-19)16-8-9-20(30-11-16)36-10-4-6-18(36)26(27,28)29/h3,5,7-9,11,14,18,25,41H,4,6,10,12-13H2,1-2H3,(H,32,33,39)/t18-,25?/m0/s1. The predicted molar refractivity (Wildman–Crippen MR) is 141 cm³/mol. The third kappa shape index (κ3) is 5.57. The van der Waals surface area contributed by atoms with Crippen LogP contribution in [0, 0.1) is 0 Å². The molecule has 12 nitrogen and oxygen atoms in total. The first-order valence-electron chi connectivity index (χ1n) is 12.8. The van der Waals surface area contributed by atoms with Crippen LogP contribution in [0.2, 0.25) is 0 Å². The van der Waals surface area contributed by atoms with Gasteiger partial charge in [-0.15, -0.1) is 0 Å². The minimum atomic E-state index is -4.33. The van der Waals surface area contributed by atoms with Gasteiger partial charge in [-0.3, -0.25) is 19.3 Å². The van der Waals surface area contributed by atoms with Gasteiger partial charge in [0.25, 0.3) is 5.91 Å². The number of halogens is 3.